The Morgan fingerprint density at radius 2 is 1.60 bits per heavy atom. The Hall–Kier alpha value is -2.08. The Balaban J connectivity index is 1.73. The van der Waals surface area contributed by atoms with E-state index < -0.39 is 5.60 Å². The van der Waals surface area contributed by atoms with Crippen molar-refractivity contribution >= 4 is 0 Å². The van der Waals surface area contributed by atoms with E-state index in [9.17, 15) is 5.11 Å². The summed E-state index contributed by atoms with van der Waals surface area (Å²) in [7, 11) is 0. The third-order valence-corrected chi connectivity index (χ3v) is 3.41. The summed E-state index contributed by atoms with van der Waals surface area (Å²) in [5.41, 5.74) is 0.833. The minimum absolute atomic E-state index is 0.0590. The topological polar surface area (TPSA) is 32.8 Å². The molecule has 0 aliphatic carbocycles. The van der Waals surface area contributed by atoms with Crippen molar-refractivity contribution < 1.29 is 9.84 Å². The van der Waals surface area contributed by atoms with Crippen molar-refractivity contribution in [1.82, 2.24) is 0 Å². The van der Waals surface area contributed by atoms with Gasteiger partial charge in [-0.3, -0.25) is 0 Å². The first-order valence-corrected chi connectivity index (χ1v) is 6.68. The second-order valence-corrected chi connectivity index (χ2v) is 5.15. The van der Waals surface area contributed by atoms with E-state index in [2.05, 4.69) is 11.8 Å². The maximum atomic E-state index is 10.4. The molecule has 1 heterocycles. The molecule has 1 fully saturated rings. The summed E-state index contributed by atoms with van der Waals surface area (Å²) < 4.78 is 5.60. The molecule has 20 heavy (non-hydrogen) atoms. The lowest BCUT2D eigenvalue weighted by atomic mass is 9.97. The number of hydrogen-bond acceptors (Lipinski definition) is 2. The van der Waals surface area contributed by atoms with Crippen molar-refractivity contribution in [2.24, 2.45) is 0 Å². The van der Waals surface area contributed by atoms with Crippen LogP contribution in [-0.2, 0) is 4.74 Å². The zero-order valence-electron chi connectivity index (χ0n) is 11.3. The van der Waals surface area contributed by atoms with Gasteiger partial charge < -0.3 is 9.84 Å². The fourth-order valence-electron chi connectivity index (χ4n) is 2.23. The summed E-state index contributed by atoms with van der Waals surface area (Å²) in [5, 5.41) is 10.4. The average Bonchev–Trinajstić information content (AvgIpc) is 3.29. The molecule has 3 rings (SSSR count). The van der Waals surface area contributed by atoms with Crippen molar-refractivity contribution in [3.05, 3.63) is 71.8 Å². The van der Waals surface area contributed by atoms with Gasteiger partial charge in [-0.25, -0.2) is 0 Å². The van der Waals surface area contributed by atoms with E-state index in [1.54, 1.807) is 6.92 Å². The molecule has 2 nitrogen and oxygen atoms in total. The lowest BCUT2D eigenvalue weighted by Crippen LogP contribution is -2.29. The smallest absolute Gasteiger partial charge is 0.151 e. The molecule has 1 aliphatic rings. The second kappa shape index (κ2) is 5.13. The van der Waals surface area contributed by atoms with Crippen LogP contribution in [0.4, 0.5) is 0 Å². The van der Waals surface area contributed by atoms with Gasteiger partial charge in [0, 0.05) is 5.56 Å². The predicted octanol–water partition coefficient (Wildman–Crippen LogP) is 2.93. The van der Waals surface area contributed by atoms with Gasteiger partial charge in [-0.1, -0.05) is 60.4 Å². The molecule has 0 spiro atoms. The van der Waals surface area contributed by atoms with Crippen LogP contribution in [0, 0.1) is 11.8 Å². The van der Waals surface area contributed by atoms with Crippen LogP contribution in [-0.4, -0.2) is 16.8 Å². The predicted molar refractivity (Wildman–Crippen MR) is 78.0 cm³/mol. The van der Waals surface area contributed by atoms with Gasteiger partial charge >= 0.3 is 0 Å². The zero-order chi connectivity index (χ0) is 14.0. The van der Waals surface area contributed by atoms with Gasteiger partial charge in [-0.15, -0.1) is 0 Å². The Morgan fingerprint density at radius 3 is 2.25 bits per heavy atom. The lowest BCUT2D eigenvalue weighted by molar-refractivity contribution is 0.0863. The second-order valence-electron chi connectivity index (χ2n) is 5.15. The summed E-state index contributed by atoms with van der Waals surface area (Å²) >= 11 is 0. The number of rotatable bonds is 2. The molecule has 2 aromatic carbocycles. The van der Waals surface area contributed by atoms with Crippen molar-refractivity contribution in [2.75, 3.05) is 0 Å². The zero-order valence-corrected chi connectivity index (χ0v) is 11.3. The Labute approximate surface area is 119 Å². The van der Waals surface area contributed by atoms with Gasteiger partial charge in [-0.2, -0.15) is 0 Å². The van der Waals surface area contributed by atoms with E-state index in [0.717, 1.165) is 11.1 Å². The van der Waals surface area contributed by atoms with Gasteiger partial charge in [0.2, 0.25) is 0 Å². The molecule has 1 aliphatic heterocycles. The van der Waals surface area contributed by atoms with Crippen LogP contribution in [0.15, 0.2) is 60.7 Å². The molecule has 1 N–H and O–H groups in total. The van der Waals surface area contributed by atoms with Gasteiger partial charge in [0.1, 0.15) is 12.2 Å². The highest BCUT2D eigenvalue weighted by atomic mass is 16.6. The highest BCUT2D eigenvalue weighted by Gasteiger charge is 2.51. The molecule has 0 aromatic heterocycles. The number of hydrogen-bond donors (Lipinski definition) is 1. The first-order chi connectivity index (χ1) is 9.67. The van der Waals surface area contributed by atoms with Crippen LogP contribution in [0.5, 0.6) is 0 Å². The number of benzene rings is 2. The average molecular weight is 264 g/mol. The molecule has 100 valence electrons. The molecular formula is C18H16O2. The van der Waals surface area contributed by atoms with Crippen LogP contribution < -0.4 is 0 Å². The molecule has 3 atom stereocenters. The third kappa shape index (κ3) is 2.75. The van der Waals surface area contributed by atoms with E-state index >= 15 is 0 Å². The molecule has 2 aromatic rings. The summed E-state index contributed by atoms with van der Waals surface area (Å²) in [6.07, 6.45) is -0.322. The SMILES string of the molecule is CC(O)(C#Cc1ccccc1)C1OC1c1ccccc1. The van der Waals surface area contributed by atoms with Gasteiger partial charge in [0.05, 0.1) is 0 Å². The number of aliphatic hydroxyl groups is 1. The quantitative estimate of drug-likeness (QED) is 0.668. The molecule has 0 amide bonds. The van der Waals surface area contributed by atoms with E-state index in [-0.39, 0.29) is 12.2 Å². The summed E-state index contributed by atoms with van der Waals surface area (Å²) in [6, 6.07) is 19.6. The van der Waals surface area contributed by atoms with E-state index in [0.29, 0.717) is 0 Å². The lowest BCUT2D eigenvalue weighted by Gasteiger charge is -2.12. The first-order valence-electron chi connectivity index (χ1n) is 6.68. The largest absolute Gasteiger partial charge is 0.375 e. The number of ether oxygens (including phenoxy) is 1. The van der Waals surface area contributed by atoms with Gasteiger partial charge in [0.15, 0.2) is 5.60 Å². The monoisotopic (exact) mass is 264 g/mol. The first kappa shape index (κ1) is 12.9. The molecule has 0 bridgehead atoms. The van der Waals surface area contributed by atoms with Crippen LogP contribution in [0.1, 0.15) is 24.2 Å². The standard InChI is InChI=1S/C18H16O2/c1-18(19,13-12-14-8-4-2-5-9-14)17-16(20-17)15-10-6-3-7-11-15/h2-11,16-17,19H,1H3. The highest BCUT2D eigenvalue weighted by Crippen LogP contribution is 2.44. The van der Waals surface area contributed by atoms with Crippen LogP contribution >= 0.6 is 0 Å². The van der Waals surface area contributed by atoms with E-state index in [1.807, 2.05) is 60.7 Å². The van der Waals surface area contributed by atoms with Crippen LogP contribution in [0.25, 0.3) is 0 Å². The van der Waals surface area contributed by atoms with Crippen molar-refractivity contribution in [2.45, 2.75) is 24.7 Å². The van der Waals surface area contributed by atoms with Crippen LogP contribution in [0.2, 0.25) is 0 Å². The Kier molecular flexibility index (Phi) is 3.31. The van der Waals surface area contributed by atoms with Gasteiger partial charge in [0.25, 0.3) is 0 Å². The fraction of sp³-hybridized carbons (Fsp3) is 0.222. The van der Waals surface area contributed by atoms with Crippen molar-refractivity contribution in [1.29, 1.82) is 0 Å². The summed E-state index contributed by atoms with van der Waals surface area (Å²) in [6.45, 7) is 1.70. The Bertz CT molecular complexity index is 635. The minimum Gasteiger partial charge on any atom is -0.375 e. The highest BCUT2D eigenvalue weighted by molar-refractivity contribution is 5.37. The Morgan fingerprint density at radius 1 is 1.00 bits per heavy atom. The minimum atomic E-state index is -1.14. The summed E-state index contributed by atoms with van der Waals surface area (Å²) in [5.74, 6) is 5.92. The molecule has 3 unspecified atom stereocenters. The van der Waals surface area contributed by atoms with E-state index in [1.165, 1.54) is 0 Å². The normalized spacial score (nSPS) is 23.3. The molecule has 0 saturated carbocycles. The van der Waals surface area contributed by atoms with Crippen molar-refractivity contribution in [3.8, 4) is 11.8 Å². The maximum absolute atomic E-state index is 10.4. The number of epoxide rings is 1. The maximum Gasteiger partial charge on any atom is 0.151 e. The van der Waals surface area contributed by atoms with Gasteiger partial charge in [-0.05, 0) is 24.6 Å². The van der Waals surface area contributed by atoms with Crippen LogP contribution in [0.3, 0.4) is 0 Å². The molecular weight excluding hydrogens is 248 g/mol. The third-order valence-electron chi connectivity index (χ3n) is 3.41. The molecule has 2 heteroatoms. The molecule has 0 radical (unpaired) electrons. The summed E-state index contributed by atoms with van der Waals surface area (Å²) in [4.78, 5) is 0. The fourth-order valence-corrected chi connectivity index (χ4v) is 2.23. The molecule has 1 saturated heterocycles. The van der Waals surface area contributed by atoms with Crippen molar-refractivity contribution in [3.63, 3.8) is 0 Å². The van der Waals surface area contributed by atoms with E-state index in [4.69, 9.17) is 4.74 Å².